The van der Waals surface area contributed by atoms with Crippen LogP contribution in [0.3, 0.4) is 0 Å². The van der Waals surface area contributed by atoms with Crippen LogP contribution in [0, 0.1) is 11.3 Å². The highest BCUT2D eigenvalue weighted by atomic mass is 79.9. The summed E-state index contributed by atoms with van der Waals surface area (Å²) in [6, 6.07) is 4.35. The Kier molecular flexibility index (Phi) is 9.58. The van der Waals surface area contributed by atoms with E-state index in [-0.39, 0.29) is 28.4 Å². The van der Waals surface area contributed by atoms with E-state index in [1.807, 2.05) is 11.4 Å². The van der Waals surface area contributed by atoms with Crippen molar-refractivity contribution in [2.75, 3.05) is 0 Å². The molecule has 74 valence electrons. The maximum absolute atomic E-state index is 8.78. The third-order valence-corrected chi connectivity index (χ3v) is 2.38. The molecule has 1 unspecified atom stereocenters. The maximum Gasteiger partial charge on any atom is 0.0720 e. The van der Waals surface area contributed by atoms with Gasteiger partial charge in [-0.05, 0) is 28.8 Å². The summed E-state index contributed by atoms with van der Waals surface area (Å²) in [6.45, 7) is 2.11. The van der Waals surface area contributed by atoms with Crippen LogP contribution in [-0.2, 0) is 0 Å². The molecule has 0 aromatic carbocycles. The Morgan fingerprint density at radius 3 is 2.69 bits per heavy atom. The summed E-state index contributed by atoms with van der Waals surface area (Å²) in [5.74, 6) is 0.117. The van der Waals surface area contributed by atoms with E-state index >= 15 is 0 Å². The molecule has 0 saturated carbocycles. The fourth-order valence-electron chi connectivity index (χ4n) is 1.07. The van der Waals surface area contributed by atoms with Crippen LogP contribution in [0.1, 0.15) is 31.2 Å². The highest BCUT2D eigenvalue weighted by Crippen LogP contribution is 2.22. The molecule has 1 atom stereocenters. The van der Waals surface area contributed by atoms with Crippen molar-refractivity contribution in [3.8, 4) is 6.07 Å². The Bertz CT molecular complexity index is 243. The lowest BCUT2D eigenvalue weighted by Gasteiger charge is -2.02. The minimum Gasteiger partial charge on any atom is -0.412 e. The van der Waals surface area contributed by atoms with Gasteiger partial charge in [-0.15, -0.1) is 17.0 Å². The van der Waals surface area contributed by atoms with Crippen molar-refractivity contribution in [1.29, 1.82) is 5.26 Å². The first kappa shape index (κ1) is 15.1. The molecule has 2 N–H and O–H groups in total. The smallest absolute Gasteiger partial charge is 0.0720 e. The third kappa shape index (κ3) is 4.41. The van der Waals surface area contributed by atoms with Gasteiger partial charge in [0.1, 0.15) is 0 Å². The van der Waals surface area contributed by atoms with Crippen molar-refractivity contribution < 1.29 is 5.48 Å². The lowest BCUT2D eigenvalue weighted by Crippen LogP contribution is -1.91. The monoisotopic (exact) mass is 263 g/mol. The first-order chi connectivity index (χ1) is 5.38. The Hall–Kier alpha value is -0.370. The van der Waals surface area contributed by atoms with Gasteiger partial charge in [-0.2, -0.15) is 16.6 Å². The van der Waals surface area contributed by atoms with Crippen LogP contribution in [0.4, 0.5) is 0 Å². The molecule has 1 aromatic rings. The van der Waals surface area contributed by atoms with Crippen molar-refractivity contribution >= 4 is 28.3 Å². The zero-order valence-electron chi connectivity index (χ0n) is 7.49. The number of hydrogen-bond acceptors (Lipinski definition) is 2. The third-order valence-electron chi connectivity index (χ3n) is 1.68. The molecule has 4 heteroatoms. The highest BCUT2D eigenvalue weighted by Gasteiger charge is 2.08. The van der Waals surface area contributed by atoms with Gasteiger partial charge in [-0.25, -0.2) is 0 Å². The number of thiophene rings is 1. The number of halogens is 1. The normalized spacial score (nSPS) is 10.5. The highest BCUT2D eigenvalue weighted by molar-refractivity contribution is 8.93. The zero-order chi connectivity index (χ0) is 8.10. The second-order valence-corrected chi connectivity index (χ2v) is 3.31. The first-order valence-electron chi connectivity index (χ1n) is 3.80. The van der Waals surface area contributed by atoms with Crippen molar-refractivity contribution in [1.82, 2.24) is 0 Å². The molecule has 1 rings (SSSR count). The topological polar surface area (TPSA) is 55.3 Å². The summed E-state index contributed by atoms with van der Waals surface area (Å²) >= 11 is 1.66. The van der Waals surface area contributed by atoms with E-state index in [0.717, 1.165) is 12.8 Å². The average Bonchev–Trinajstić information content (AvgIpc) is 2.52. The predicted molar refractivity (Wildman–Crippen MR) is 61.5 cm³/mol. The van der Waals surface area contributed by atoms with Gasteiger partial charge < -0.3 is 5.48 Å². The van der Waals surface area contributed by atoms with Crippen molar-refractivity contribution in [2.24, 2.45) is 0 Å². The zero-order valence-corrected chi connectivity index (χ0v) is 10.0. The van der Waals surface area contributed by atoms with Gasteiger partial charge in [0.15, 0.2) is 0 Å². The van der Waals surface area contributed by atoms with Crippen molar-refractivity contribution in [2.45, 2.75) is 25.7 Å². The van der Waals surface area contributed by atoms with E-state index in [9.17, 15) is 0 Å². The fraction of sp³-hybridized carbons (Fsp3) is 0.444. The van der Waals surface area contributed by atoms with Gasteiger partial charge in [0.2, 0.25) is 0 Å². The van der Waals surface area contributed by atoms with E-state index in [1.54, 1.807) is 11.3 Å². The number of nitrogens with zero attached hydrogens (tertiary/aromatic N) is 1. The molecule has 0 aliphatic carbocycles. The summed E-state index contributed by atoms with van der Waals surface area (Å²) in [6.07, 6.45) is 2.06. The van der Waals surface area contributed by atoms with E-state index in [1.165, 1.54) is 5.56 Å². The molecule has 0 amide bonds. The van der Waals surface area contributed by atoms with Gasteiger partial charge >= 0.3 is 0 Å². The number of rotatable bonds is 3. The molecule has 0 radical (unpaired) electrons. The van der Waals surface area contributed by atoms with E-state index in [2.05, 4.69) is 18.4 Å². The molecule has 0 fully saturated rings. The van der Waals surface area contributed by atoms with Gasteiger partial charge in [-0.1, -0.05) is 13.3 Å². The van der Waals surface area contributed by atoms with Crippen LogP contribution >= 0.6 is 28.3 Å². The molecule has 0 aliphatic heterocycles. The fourth-order valence-corrected chi connectivity index (χ4v) is 1.78. The van der Waals surface area contributed by atoms with Crippen LogP contribution in [0.5, 0.6) is 0 Å². The summed E-state index contributed by atoms with van der Waals surface area (Å²) < 4.78 is 0. The van der Waals surface area contributed by atoms with Gasteiger partial charge in [0, 0.05) is 0 Å². The summed E-state index contributed by atoms with van der Waals surface area (Å²) in [7, 11) is 0. The minimum atomic E-state index is 0. The molecular weight excluding hydrogens is 250 g/mol. The van der Waals surface area contributed by atoms with Crippen LogP contribution in [0.25, 0.3) is 0 Å². The molecule has 0 aliphatic rings. The molecule has 0 bridgehead atoms. The summed E-state index contributed by atoms with van der Waals surface area (Å²) in [5, 5.41) is 12.9. The second kappa shape index (κ2) is 8.24. The maximum atomic E-state index is 8.78. The van der Waals surface area contributed by atoms with Crippen LogP contribution in [0.2, 0.25) is 0 Å². The predicted octanol–water partition coefficient (Wildman–Crippen LogP) is 2.91. The molecule has 1 heterocycles. The van der Waals surface area contributed by atoms with E-state index in [0.29, 0.717) is 0 Å². The van der Waals surface area contributed by atoms with Gasteiger partial charge in [0.25, 0.3) is 0 Å². The summed E-state index contributed by atoms with van der Waals surface area (Å²) in [5.41, 5.74) is 1.18. The molecule has 2 nitrogen and oxygen atoms in total. The Morgan fingerprint density at radius 2 is 2.31 bits per heavy atom. The summed E-state index contributed by atoms with van der Waals surface area (Å²) in [4.78, 5) is 0. The molecule has 13 heavy (non-hydrogen) atoms. The lowest BCUT2D eigenvalue weighted by molar-refractivity contribution is 0.729. The number of hydrogen-bond donors (Lipinski definition) is 0. The number of nitriles is 1. The quantitative estimate of drug-likeness (QED) is 0.828. The lowest BCUT2D eigenvalue weighted by atomic mass is 9.99. The van der Waals surface area contributed by atoms with Crippen LogP contribution in [-0.4, -0.2) is 5.48 Å². The van der Waals surface area contributed by atoms with E-state index < -0.39 is 0 Å². The first-order valence-corrected chi connectivity index (χ1v) is 4.74. The minimum absolute atomic E-state index is 0. The van der Waals surface area contributed by atoms with Gasteiger partial charge in [0.05, 0.1) is 12.0 Å². The molecule has 0 saturated heterocycles. The SMILES string of the molecule is Br.CCCC(C#N)c1ccsc1.O. The Morgan fingerprint density at radius 1 is 1.62 bits per heavy atom. The largest absolute Gasteiger partial charge is 0.412 e. The van der Waals surface area contributed by atoms with Crippen LogP contribution in [0.15, 0.2) is 16.8 Å². The average molecular weight is 264 g/mol. The molecule has 0 spiro atoms. The Labute approximate surface area is 93.3 Å². The molecule has 1 aromatic heterocycles. The second-order valence-electron chi connectivity index (χ2n) is 2.53. The Balaban J connectivity index is 0. The van der Waals surface area contributed by atoms with Crippen LogP contribution < -0.4 is 0 Å². The van der Waals surface area contributed by atoms with E-state index in [4.69, 9.17) is 5.26 Å². The van der Waals surface area contributed by atoms with Gasteiger partial charge in [-0.3, -0.25) is 0 Å². The van der Waals surface area contributed by atoms with Crippen molar-refractivity contribution in [3.63, 3.8) is 0 Å². The molecular formula is C9H14BrNOS. The van der Waals surface area contributed by atoms with Crippen molar-refractivity contribution in [3.05, 3.63) is 22.4 Å². The standard InChI is InChI=1S/C9H11NS.BrH.H2O/c1-2-3-8(6-10)9-4-5-11-7-9;;/h4-5,7-8H,2-3H2,1H3;1H;1H2.